The molecule has 0 saturated carbocycles. The number of hydrogen-bond acceptors (Lipinski definition) is 2. The summed E-state index contributed by atoms with van der Waals surface area (Å²) in [6.07, 6.45) is 3.69. The van der Waals surface area contributed by atoms with E-state index in [4.69, 9.17) is 0 Å². The molecule has 1 unspecified atom stereocenters. The van der Waals surface area contributed by atoms with Gasteiger partial charge < -0.3 is 10.2 Å². The molecule has 110 valence electrons. The van der Waals surface area contributed by atoms with Crippen molar-refractivity contribution in [1.29, 1.82) is 0 Å². The van der Waals surface area contributed by atoms with E-state index in [9.17, 15) is 4.79 Å². The Morgan fingerprint density at radius 1 is 1.45 bits per heavy atom. The smallest absolute Gasteiger partial charge is 0.254 e. The van der Waals surface area contributed by atoms with Gasteiger partial charge in [0, 0.05) is 29.2 Å². The van der Waals surface area contributed by atoms with Crippen LogP contribution < -0.4 is 5.32 Å². The third-order valence-corrected chi connectivity index (χ3v) is 4.43. The number of carbonyl (C=O) groups is 1. The van der Waals surface area contributed by atoms with Crippen molar-refractivity contribution in [2.75, 3.05) is 19.6 Å². The Labute approximate surface area is 129 Å². The SMILES string of the molecule is CCN(CC1CCCCN1)C(=O)c1ccc(Br)cc1C. The van der Waals surface area contributed by atoms with Gasteiger partial charge >= 0.3 is 0 Å². The highest BCUT2D eigenvalue weighted by atomic mass is 79.9. The zero-order valence-electron chi connectivity index (χ0n) is 12.3. The van der Waals surface area contributed by atoms with Crippen LogP contribution in [0.15, 0.2) is 22.7 Å². The van der Waals surface area contributed by atoms with Crippen molar-refractivity contribution >= 4 is 21.8 Å². The monoisotopic (exact) mass is 338 g/mol. The molecule has 1 aliphatic rings. The first-order valence-electron chi connectivity index (χ1n) is 7.40. The fourth-order valence-corrected chi connectivity index (χ4v) is 3.21. The second-order valence-corrected chi connectivity index (χ2v) is 6.37. The number of amides is 1. The van der Waals surface area contributed by atoms with E-state index < -0.39 is 0 Å². The molecule has 1 aromatic rings. The zero-order valence-corrected chi connectivity index (χ0v) is 13.9. The van der Waals surface area contributed by atoms with Gasteiger partial charge in [0.1, 0.15) is 0 Å². The maximum absolute atomic E-state index is 12.7. The molecular weight excluding hydrogens is 316 g/mol. The molecule has 2 rings (SSSR count). The number of nitrogens with one attached hydrogen (secondary N) is 1. The van der Waals surface area contributed by atoms with E-state index >= 15 is 0 Å². The van der Waals surface area contributed by atoms with E-state index in [-0.39, 0.29) is 5.91 Å². The summed E-state index contributed by atoms with van der Waals surface area (Å²) in [7, 11) is 0. The van der Waals surface area contributed by atoms with Gasteiger partial charge in [-0.15, -0.1) is 0 Å². The van der Waals surface area contributed by atoms with Crippen LogP contribution in [0.2, 0.25) is 0 Å². The number of carbonyl (C=O) groups excluding carboxylic acids is 1. The number of rotatable bonds is 4. The number of benzene rings is 1. The Bertz CT molecular complexity index is 470. The molecule has 1 saturated heterocycles. The third kappa shape index (κ3) is 3.83. The van der Waals surface area contributed by atoms with Crippen molar-refractivity contribution in [3.8, 4) is 0 Å². The standard InChI is InChI=1S/C16H23BrN2O/c1-3-19(11-14-6-4-5-9-18-14)16(20)15-8-7-13(17)10-12(15)2/h7-8,10,14,18H,3-6,9,11H2,1-2H3. The van der Waals surface area contributed by atoms with Crippen LogP contribution in [0.5, 0.6) is 0 Å². The van der Waals surface area contributed by atoms with Crippen molar-refractivity contribution in [2.24, 2.45) is 0 Å². The minimum atomic E-state index is 0.143. The summed E-state index contributed by atoms with van der Waals surface area (Å²) >= 11 is 3.44. The van der Waals surface area contributed by atoms with Crippen molar-refractivity contribution in [2.45, 2.75) is 39.2 Å². The molecule has 4 heteroatoms. The molecule has 0 radical (unpaired) electrons. The second-order valence-electron chi connectivity index (χ2n) is 5.45. The Morgan fingerprint density at radius 3 is 2.85 bits per heavy atom. The van der Waals surface area contributed by atoms with Crippen LogP contribution in [0.25, 0.3) is 0 Å². The Kier molecular flexibility index (Phi) is 5.61. The molecule has 1 fully saturated rings. The summed E-state index contributed by atoms with van der Waals surface area (Å²) < 4.78 is 1.02. The molecule has 1 atom stereocenters. The van der Waals surface area contributed by atoms with E-state index in [1.165, 1.54) is 19.3 Å². The molecule has 20 heavy (non-hydrogen) atoms. The van der Waals surface area contributed by atoms with Crippen molar-refractivity contribution in [3.63, 3.8) is 0 Å². The molecule has 3 nitrogen and oxygen atoms in total. The highest BCUT2D eigenvalue weighted by molar-refractivity contribution is 9.10. The summed E-state index contributed by atoms with van der Waals surface area (Å²) in [5.74, 6) is 0.143. The largest absolute Gasteiger partial charge is 0.337 e. The molecule has 1 N–H and O–H groups in total. The predicted molar refractivity (Wildman–Crippen MR) is 86.1 cm³/mol. The van der Waals surface area contributed by atoms with E-state index in [1.54, 1.807) is 0 Å². The molecule has 0 spiro atoms. The first-order valence-corrected chi connectivity index (χ1v) is 8.20. The summed E-state index contributed by atoms with van der Waals surface area (Å²) in [6, 6.07) is 6.30. The number of likely N-dealkylation sites (N-methyl/N-ethyl adjacent to an activating group) is 1. The number of piperidine rings is 1. The van der Waals surface area contributed by atoms with E-state index in [1.807, 2.05) is 30.0 Å². The van der Waals surface area contributed by atoms with Gasteiger partial charge in [-0.05, 0) is 57.0 Å². The van der Waals surface area contributed by atoms with E-state index in [0.29, 0.717) is 6.04 Å². The van der Waals surface area contributed by atoms with E-state index in [0.717, 1.165) is 35.2 Å². The van der Waals surface area contributed by atoms with Gasteiger partial charge in [-0.2, -0.15) is 0 Å². The maximum atomic E-state index is 12.7. The second kappa shape index (κ2) is 7.23. The summed E-state index contributed by atoms with van der Waals surface area (Å²) in [5, 5.41) is 3.51. The van der Waals surface area contributed by atoms with Gasteiger partial charge in [0.2, 0.25) is 0 Å². The number of aryl methyl sites for hydroxylation is 1. The number of nitrogens with zero attached hydrogens (tertiary/aromatic N) is 1. The first kappa shape index (κ1) is 15.5. The molecule has 0 aromatic heterocycles. The Hall–Kier alpha value is -0.870. The average Bonchev–Trinajstić information content (AvgIpc) is 2.45. The summed E-state index contributed by atoms with van der Waals surface area (Å²) in [5.41, 5.74) is 1.84. The zero-order chi connectivity index (χ0) is 14.5. The highest BCUT2D eigenvalue weighted by Gasteiger charge is 2.21. The fraction of sp³-hybridized carbons (Fsp3) is 0.562. The lowest BCUT2D eigenvalue weighted by Crippen LogP contribution is -2.45. The van der Waals surface area contributed by atoms with Gasteiger partial charge in [-0.25, -0.2) is 0 Å². The minimum absolute atomic E-state index is 0.143. The van der Waals surface area contributed by atoms with Gasteiger partial charge in [-0.3, -0.25) is 4.79 Å². The lowest BCUT2D eigenvalue weighted by Gasteiger charge is -2.30. The Morgan fingerprint density at radius 2 is 2.25 bits per heavy atom. The average molecular weight is 339 g/mol. The molecule has 0 aliphatic carbocycles. The molecule has 1 amide bonds. The van der Waals surface area contributed by atoms with Crippen LogP contribution in [-0.2, 0) is 0 Å². The highest BCUT2D eigenvalue weighted by Crippen LogP contribution is 2.18. The summed E-state index contributed by atoms with van der Waals surface area (Å²) in [6.45, 7) is 6.69. The maximum Gasteiger partial charge on any atom is 0.254 e. The predicted octanol–water partition coefficient (Wildman–Crippen LogP) is 3.36. The quantitative estimate of drug-likeness (QED) is 0.912. The molecule has 0 bridgehead atoms. The normalized spacial score (nSPS) is 18.9. The third-order valence-electron chi connectivity index (χ3n) is 3.94. The fourth-order valence-electron chi connectivity index (χ4n) is 2.74. The van der Waals surface area contributed by atoms with Gasteiger partial charge in [0.15, 0.2) is 0 Å². The summed E-state index contributed by atoms with van der Waals surface area (Å²) in [4.78, 5) is 14.6. The topological polar surface area (TPSA) is 32.3 Å². The van der Waals surface area contributed by atoms with E-state index in [2.05, 4.69) is 28.2 Å². The van der Waals surface area contributed by atoms with Crippen molar-refractivity contribution in [3.05, 3.63) is 33.8 Å². The minimum Gasteiger partial charge on any atom is -0.337 e. The van der Waals surface area contributed by atoms with Crippen molar-refractivity contribution in [1.82, 2.24) is 10.2 Å². The lowest BCUT2D eigenvalue weighted by atomic mass is 10.0. The van der Waals surface area contributed by atoms with Gasteiger partial charge in [-0.1, -0.05) is 22.4 Å². The van der Waals surface area contributed by atoms with Gasteiger partial charge in [0.25, 0.3) is 5.91 Å². The first-order chi connectivity index (χ1) is 9.61. The molecular formula is C16H23BrN2O. The van der Waals surface area contributed by atoms with Gasteiger partial charge in [0.05, 0.1) is 0 Å². The number of halogens is 1. The van der Waals surface area contributed by atoms with Crippen LogP contribution in [-0.4, -0.2) is 36.5 Å². The van der Waals surface area contributed by atoms with Crippen LogP contribution in [0, 0.1) is 6.92 Å². The molecule has 1 heterocycles. The lowest BCUT2D eigenvalue weighted by molar-refractivity contribution is 0.0740. The van der Waals surface area contributed by atoms with Crippen LogP contribution >= 0.6 is 15.9 Å². The molecule has 1 aromatic carbocycles. The van der Waals surface area contributed by atoms with Crippen LogP contribution in [0.3, 0.4) is 0 Å². The number of hydrogen-bond donors (Lipinski definition) is 1. The van der Waals surface area contributed by atoms with Crippen molar-refractivity contribution < 1.29 is 4.79 Å². The van der Waals surface area contributed by atoms with Crippen LogP contribution in [0.4, 0.5) is 0 Å². The molecule has 1 aliphatic heterocycles. The van der Waals surface area contributed by atoms with Crippen LogP contribution in [0.1, 0.15) is 42.1 Å². The Balaban J connectivity index is 2.07.